The van der Waals surface area contributed by atoms with Crippen LogP contribution in [0.1, 0.15) is 26.2 Å². The highest BCUT2D eigenvalue weighted by Crippen LogP contribution is 2.49. The standard InChI is InChI=1S/C7H11F3O/c1-2-5-3-6(11,4-5)7(8,9)10/h5,11H,2-4H2,1H3. The number of halogens is 3. The van der Waals surface area contributed by atoms with Gasteiger partial charge in [-0.2, -0.15) is 13.2 Å². The molecule has 0 radical (unpaired) electrons. The zero-order chi connectivity index (χ0) is 8.70. The fourth-order valence-electron chi connectivity index (χ4n) is 1.42. The fourth-order valence-corrected chi connectivity index (χ4v) is 1.42. The van der Waals surface area contributed by atoms with E-state index in [-0.39, 0.29) is 18.8 Å². The first-order valence-corrected chi connectivity index (χ1v) is 3.68. The van der Waals surface area contributed by atoms with E-state index >= 15 is 0 Å². The molecule has 4 heteroatoms. The van der Waals surface area contributed by atoms with Crippen LogP contribution < -0.4 is 0 Å². The van der Waals surface area contributed by atoms with Crippen molar-refractivity contribution in [2.24, 2.45) is 5.92 Å². The first-order valence-electron chi connectivity index (χ1n) is 3.68. The van der Waals surface area contributed by atoms with Gasteiger partial charge in [-0.3, -0.25) is 0 Å². The summed E-state index contributed by atoms with van der Waals surface area (Å²) >= 11 is 0. The summed E-state index contributed by atoms with van der Waals surface area (Å²) in [4.78, 5) is 0. The molecule has 0 aromatic carbocycles. The van der Waals surface area contributed by atoms with Crippen LogP contribution in [-0.2, 0) is 0 Å². The van der Waals surface area contributed by atoms with Crippen molar-refractivity contribution < 1.29 is 18.3 Å². The Balaban J connectivity index is 2.49. The third-order valence-corrected chi connectivity index (χ3v) is 2.36. The molecule has 0 atom stereocenters. The molecule has 0 saturated heterocycles. The summed E-state index contributed by atoms with van der Waals surface area (Å²) < 4.78 is 35.8. The highest BCUT2D eigenvalue weighted by Gasteiger charge is 2.60. The van der Waals surface area contributed by atoms with Crippen molar-refractivity contribution in [1.29, 1.82) is 0 Å². The van der Waals surface area contributed by atoms with Crippen LogP contribution in [0.25, 0.3) is 0 Å². The van der Waals surface area contributed by atoms with Gasteiger partial charge < -0.3 is 5.11 Å². The Bertz CT molecular complexity index is 146. The molecular weight excluding hydrogens is 157 g/mol. The summed E-state index contributed by atoms with van der Waals surface area (Å²) in [7, 11) is 0. The summed E-state index contributed by atoms with van der Waals surface area (Å²) in [6.45, 7) is 1.83. The Labute approximate surface area is 63.2 Å². The molecule has 0 aliphatic heterocycles. The normalized spacial score (nSPS) is 38.5. The monoisotopic (exact) mass is 168 g/mol. The molecule has 0 aromatic heterocycles. The Morgan fingerprint density at radius 1 is 1.45 bits per heavy atom. The molecule has 66 valence electrons. The van der Waals surface area contributed by atoms with Gasteiger partial charge in [0.1, 0.15) is 0 Å². The molecule has 1 nitrogen and oxygen atoms in total. The van der Waals surface area contributed by atoms with Gasteiger partial charge in [0.2, 0.25) is 0 Å². The van der Waals surface area contributed by atoms with Crippen LogP contribution in [0.2, 0.25) is 0 Å². The zero-order valence-corrected chi connectivity index (χ0v) is 6.28. The van der Waals surface area contributed by atoms with E-state index in [1.807, 2.05) is 6.92 Å². The van der Waals surface area contributed by atoms with Crippen molar-refractivity contribution in [1.82, 2.24) is 0 Å². The molecule has 0 amide bonds. The van der Waals surface area contributed by atoms with E-state index < -0.39 is 11.8 Å². The van der Waals surface area contributed by atoms with Crippen LogP contribution in [0.5, 0.6) is 0 Å². The molecule has 1 aliphatic rings. The molecule has 0 unspecified atom stereocenters. The van der Waals surface area contributed by atoms with Crippen molar-refractivity contribution >= 4 is 0 Å². The lowest BCUT2D eigenvalue weighted by atomic mass is 9.69. The predicted octanol–water partition coefficient (Wildman–Crippen LogP) is 2.10. The molecule has 1 fully saturated rings. The van der Waals surface area contributed by atoms with Gasteiger partial charge in [0, 0.05) is 0 Å². The molecule has 11 heavy (non-hydrogen) atoms. The second kappa shape index (κ2) is 2.37. The molecule has 1 rings (SSSR count). The van der Waals surface area contributed by atoms with Gasteiger partial charge in [0.15, 0.2) is 5.60 Å². The number of hydrogen-bond donors (Lipinski definition) is 1. The molecule has 0 spiro atoms. The molecule has 0 bridgehead atoms. The maximum Gasteiger partial charge on any atom is 0.417 e. The first kappa shape index (κ1) is 8.84. The highest BCUT2D eigenvalue weighted by atomic mass is 19.4. The molecule has 1 N–H and O–H groups in total. The topological polar surface area (TPSA) is 20.2 Å². The van der Waals surface area contributed by atoms with E-state index in [4.69, 9.17) is 5.11 Å². The van der Waals surface area contributed by atoms with E-state index in [1.54, 1.807) is 0 Å². The summed E-state index contributed by atoms with van der Waals surface area (Å²) in [6, 6.07) is 0. The molecule has 1 aliphatic carbocycles. The fraction of sp³-hybridized carbons (Fsp3) is 1.00. The first-order chi connectivity index (χ1) is 4.89. The minimum atomic E-state index is -4.43. The van der Waals surface area contributed by atoms with Crippen molar-refractivity contribution in [3.8, 4) is 0 Å². The number of alkyl halides is 3. The zero-order valence-electron chi connectivity index (χ0n) is 6.28. The van der Waals surface area contributed by atoms with Gasteiger partial charge in [-0.25, -0.2) is 0 Å². The van der Waals surface area contributed by atoms with Crippen molar-refractivity contribution in [3.05, 3.63) is 0 Å². The van der Waals surface area contributed by atoms with Gasteiger partial charge in [-0.05, 0) is 18.8 Å². The Kier molecular flexibility index (Phi) is 1.90. The molecule has 0 heterocycles. The molecule has 1 saturated carbocycles. The Hall–Kier alpha value is -0.250. The van der Waals surface area contributed by atoms with Crippen LogP contribution in [0.15, 0.2) is 0 Å². The Morgan fingerprint density at radius 2 is 1.91 bits per heavy atom. The number of aliphatic hydroxyl groups is 1. The average Bonchev–Trinajstić information content (AvgIpc) is 1.78. The quantitative estimate of drug-likeness (QED) is 0.635. The van der Waals surface area contributed by atoms with Crippen molar-refractivity contribution in [3.63, 3.8) is 0 Å². The largest absolute Gasteiger partial charge is 0.417 e. The molecular formula is C7H11F3O. The minimum absolute atomic E-state index is 0.0571. The van der Waals surface area contributed by atoms with Gasteiger partial charge in [-0.1, -0.05) is 13.3 Å². The van der Waals surface area contributed by atoms with Crippen LogP contribution in [0.3, 0.4) is 0 Å². The smallest absolute Gasteiger partial charge is 0.380 e. The van der Waals surface area contributed by atoms with Gasteiger partial charge in [-0.15, -0.1) is 0 Å². The highest BCUT2D eigenvalue weighted by molar-refractivity contribution is 4.98. The van der Waals surface area contributed by atoms with Gasteiger partial charge >= 0.3 is 6.18 Å². The van der Waals surface area contributed by atoms with Crippen molar-refractivity contribution in [2.45, 2.75) is 38.0 Å². The van der Waals surface area contributed by atoms with E-state index in [0.29, 0.717) is 0 Å². The predicted molar refractivity (Wildman–Crippen MR) is 34.0 cm³/mol. The van der Waals surface area contributed by atoms with Gasteiger partial charge in [0.25, 0.3) is 0 Å². The maximum absolute atomic E-state index is 11.9. The van der Waals surface area contributed by atoms with Crippen LogP contribution in [0, 0.1) is 5.92 Å². The second-order valence-electron chi connectivity index (χ2n) is 3.21. The Morgan fingerprint density at radius 3 is 2.18 bits per heavy atom. The average molecular weight is 168 g/mol. The van der Waals surface area contributed by atoms with E-state index in [9.17, 15) is 13.2 Å². The lowest BCUT2D eigenvalue weighted by Gasteiger charge is -2.44. The third-order valence-electron chi connectivity index (χ3n) is 2.36. The summed E-state index contributed by atoms with van der Waals surface area (Å²) in [5.74, 6) is 0.0571. The van der Waals surface area contributed by atoms with Crippen LogP contribution >= 0.6 is 0 Å². The molecule has 0 aromatic rings. The second-order valence-corrected chi connectivity index (χ2v) is 3.21. The number of hydrogen-bond acceptors (Lipinski definition) is 1. The third kappa shape index (κ3) is 1.36. The summed E-state index contributed by atoms with van der Waals surface area (Å²) in [5, 5.41) is 8.92. The summed E-state index contributed by atoms with van der Waals surface area (Å²) in [5.41, 5.74) is -2.37. The van der Waals surface area contributed by atoms with Crippen LogP contribution in [-0.4, -0.2) is 16.9 Å². The number of rotatable bonds is 1. The van der Waals surface area contributed by atoms with Crippen molar-refractivity contribution in [2.75, 3.05) is 0 Å². The van der Waals surface area contributed by atoms with E-state index in [1.165, 1.54) is 0 Å². The minimum Gasteiger partial charge on any atom is -0.380 e. The van der Waals surface area contributed by atoms with Gasteiger partial charge in [0.05, 0.1) is 0 Å². The SMILES string of the molecule is CCC1CC(O)(C(F)(F)F)C1. The summed E-state index contributed by atoms with van der Waals surface area (Å²) in [6.07, 6.45) is -3.95. The van der Waals surface area contributed by atoms with Crippen LogP contribution in [0.4, 0.5) is 13.2 Å². The maximum atomic E-state index is 11.9. The lowest BCUT2D eigenvalue weighted by molar-refractivity contribution is -0.299. The van der Waals surface area contributed by atoms with E-state index in [0.717, 1.165) is 6.42 Å². The van der Waals surface area contributed by atoms with E-state index in [2.05, 4.69) is 0 Å². The lowest BCUT2D eigenvalue weighted by Crippen LogP contribution is -2.54.